The van der Waals surface area contributed by atoms with Crippen molar-refractivity contribution < 1.29 is 4.79 Å². The van der Waals surface area contributed by atoms with Crippen molar-refractivity contribution in [2.24, 2.45) is 5.73 Å². The Balaban J connectivity index is 0.00000289. The second-order valence-electron chi connectivity index (χ2n) is 4.43. The lowest BCUT2D eigenvalue weighted by atomic mass is 10.0. The molecule has 1 amide bonds. The molecule has 4 heteroatoms. The van der Waals surface area contributed by atoms with E-state index in [4.69, 9.17) is 5.73 Å². The summed E-state index contributed by atoms with van der Waals surface area (Å²) in [5.74, 6) is -0.0112. The number of carbonyl (C=O) groups is 1. The van der Waals surface area contributed by atoms with Gasteiger partial charge in [0.2, 0.25) is 5.91 Å². The first kappa shape index (κ1) is 16.9. The molecule has 0 radical (unpaired) electrons. The minimum atomic E-state index is -0.102. The first-order valence-corrected chi connectivity index (χ1v) is 6.24. The minimum Gasteiger partial charge on any atom is -0.327 e. The van der Waals surface area contributed by atoms with Gasteiger partial charge in [-0.25, -0.2) is 0 Å². The van der Waals surface area contributed by atoms with Crippen LogP contribution in [0, 0.1) is 0 Å². The van der Waals surface area contributed by atoms with Crippen LogP contribution < -0.4 is 11.1 Å². The van der Waals surface area contributed by atoms with E-state index in [1.165, 1.54) is 11.1 Å². The normalized spacial score (nSPS) is 11.6. The average Bonchev–Trinajstić information content (AvgIpc) is 2.27. The Labute approximate surface area is 116 Å². The molecule has 0 saturated carbocycles. The van der Waals surface area contributed by atoms with Gasteiger partial charge in [0, 0.05) is 18.2 Å². The van der Waals surface area contributed by atoms with Crippen molar-refractivity contribution in [3.05, 3.63) is 29.3 Å². The molecule has 0 fully saturated rings. The van der Waals surface area contributed by atoms with E-state index >= 15 is 0 Å². The quantitative estimate of drug-likeness (QED) is 0.864. The highest BCUT2D eigenvalue weighted by molar-refractivity contribution is 5.92. The lowest BCUT2D eigenvalue weighted by molar-refractivity contribution is -0.116. The largest absolute Gasteiger partial charge is 0.327 e. The summed E-state index contributed by atoms with van der Waals surface area (Å²) in [6.45, 7) is 6.03. The van der Waals surface area contributed by atoms with Crippen LogP contribution in [0.3, 0.4) is 0 Å². The highest BCUT2D eigenvalue weighted by atomic mass is 35.5. The molecule has 0 aliphatic carbocycles. The predicted molar refractivity (Wildman–Crippen MR) is 79.3 cm³/mol. The van der Waals surface area contributed by atoms with Gasteiger partial charge in [0.15, 0.2) is 0 Å². The third kappa shape index (κ3) is 5.07. The Morgan fingerprint density at radius 2 is 2.00 bits per heavy atom. The van der Waals surface area contributed by atoms with Crippen molar-refractivity contribution >= 4 is 24.0 Å². The average molecular weight is 271 g/mol. The van der Waals surface area contributed by atoms with E-state index in [9.17, 15) is 4.79 Å². The van der Waals surface area contributed by atoms with Gasteiger partial charge in [-0.15, -0.1) is 12.4 Å². The number of hydrogen-bond acceptors (Lipinski definition) is 2. The summed E-state index contributed by atoms with van der Waals surface area (Å²) in [5.41, 5.74) is 8.94. The summed E-state index contributed by atoms with van der Waals surface area (Å²) in [4.78, 5) is 11.7. The molecule has 102 valence electrons. The number of carbonyl (C=O) groups excluding carboxylic acids is 1. The van der Waals surface area contributed by atoms with E-state index in [-0.39, 0.29) is 24.4 Å². The molecule has 0 aliphatic heterocycles. The Morgan fingerprint density at radius 1 is 1.33 bits per heavy atom. The molecular formula is C14H23ClN2O. The number of nitrogens with one attached hydrogen (secondary N) is 1. The van der Waals surface area contributed by atoms with Crippen molar-refractivity contribution in [3.8, 4) is 0 Å². The Hall–Kier alpha value is -1.06. The lowest BCUT2D eigenvalue weighted by Gasteiger charge is -2.12. The summed E-state index contributed by atoms with van der Waals surface area (Å²) in [7, 11) is 0. The summed E-state index contributed by atoms with van der Waals surface area (Å²) < 4.78 is 0. The van der Waals surface area contributed by atoms with Crippen LogP contribution in [0.15, 0.2) is 18.2 Å². The van der Waals surface area contributed by atoms with Gasteiger partial charge in [-0.3, -0.25) is 4.79 Å². The van der Waals surface area contributed by atoms with Crippen LogP contribution >= 0.6 is 12.4 Å². The number of rotatable bonds is 5. The highest BCUT2D eigenvalue weighted by Crippen LogP contribution is 2.19. The fourth-order valence-corrected chi connectivity index (χ4v) is 1.76. The summed E-state index contributed by atoms with van der Waals surface area (Å²) >= 11 is 0. The van der Waals surface area contributed by atoms with E-state index in [1.54, 1.807) is 0 Å². The van der Waals surface area contributed by atoms with E-state index in [0.29, 0.717) is 6.42 Å². The molecule has 0 aromatic heterocycles. The Kier molecular flexibility index (Phi) is 7.64. The number of aryl methyl sites for hydroxylation is 2. The van der Waals surface area contributed by atoms with Gasteiger partial charge < -0.3 is 11.1 Å². The van der Waals surface area contributed by atoms with E-state index < -0.39 is 0 Å². The molecule has 0 heterocycles. The summed E-state index contributed by atoms with van der Waals surface area (Å²) in [6.07, 6.45) is 2.25. The van der Waals surface area contributed by atoms with Crippen LogP contribution in [0.2, 0.25) is 0 Å². The number of benzene rings is 1. The van der Waals surface area contributed by atoms with Crippen molar-refractivity contribution in [1.29, 1.82) is 0 Å². The monoisotopic (exact) mass is 270 g/mol. The van der Waals surface area contributed by atoms with Gasteiger partial charge in [0.1, 0.15) is 0 Å². The number of amides is 1. The number of halogens is 1. The van der Waals surface area contributed by atoms with Crippen LogP contribution in [0.25, 0.3) is 0 Å². The second-order valence-corrected chi connectivity index (χ2v) is 4.43. The zero-order valence-electron chi connectivity index (χ0n) is 11.3. The van der Waals surface area contributed by atoms with Crippen molar-refractivity contribution in [2.45, 2.75) is 46.1 Å². The second kappa shape index (κ2) is 8.11. The number of nitrogens with two attached hydrogens (primary N) is 1. The molecule has 1 atom stereocenters. The number of anilines is 1. The fraction of sp³-hybridized carbons (Fsp3) is 0.500. The molecule has 1 aromatic rings. The van der Waals surface area contributed by atoms with Gasteiger partial charge in [-0.2, -0.15) is 0 Å². The SMILES string of the molecule is CCc1ccc(CC)c(NC(=O)CC(C)N)c1.Cl. The zero-order chi connectivity index (χ0) is 12.8. The van der Waals surface area contributed by atoms with Crippen molar-refractivity contribution in [3.63, 3.8) is 0 Å². The zero-order valence-corrected chi connectivity index (χ0v) is 12.1. The molecule has 0 spiro atoms. The molecule has 0 aliphatic rings. The van der Waals surface area contributed by atoms with Gasteiger partial charge in [0.25, 0.3) is 0 Å². The fourth-order valence-electron chi connectivity index (χ4n) is 1.76. The van der Waals surface area contributed by atoms with Crippen molar-refractivity contribution in [2.75, 3.05) is 5.32 Å². The lowest BCUT2D eigenvalue weighted by Crippen LogP contribution is -2.24. The third-order valence-electron chi connectivity index (χ3n) is 2.74. The predicted octanol–water partition coefficient (Wildman–Crippen LogP) is 2.91. The summed E-state index contributed by atoms with van der Waals surface area (Å²) in [6, 6.07) is 6.15. The van der Waals surface area contributed by atoms with Gasteiger partial charge in [-0.1, -0.05) is 26.0 Å². The molecule has 1 aromatic carbocycles. The Morgan fingerprint density at radius 3 is 2.50 bits per heavy atom. The molecule has 1 rings (SSSR count). The molecular weight excluding hydrogens is 248 g/mol. The molecule has 0 saturated heterocycles. The van der Waals surface area contributed by atoms with Crippen LogP contribution in [-0.4, -0.2) is 11.9 Å². The molecule has 3 nitrogen and oxygen atoms in total. The van der Waals surface area contributed by atoms with Crippen molar-refractivity contribution in [1.82, 2.24) is 0 Å². The highest BCUT2D eigenvalue weighted by Gasteiger charge is 2.08. The molecule has 18 heavy (non-hydrogen) atoms. The van der Waals surface area contributed by atoms with Gasteiger partial charge in [-0.05, 0) is 37.0 Å². The van der Waals surface area contributed by atoms with E-state index in [1.807, 2.05) is 6.92 Å². The molecule has 0 bridgehead atoms. The maximum atomic E-state index is 11.7. The smallest absolute Gasteiger partial charge is 0.225 e. The Bertz CT molecular complexity index is 391. The maximum Gasteiger partial charge on any atom is 0.225 e. The standard InChI is InChI=1S/C14H22N2O.ClH/c1-4-11-6-7-12(5-2)13(9-11)16-14(17)8-10(3)15;/h6-7,9-10H,4-5,8,15H2,1-3H3,(H,16,17);1H. The molecule has 3 N–H and O–H groups in total. The number of hydrogen-bond donors (Lipinski definition) is 2. The third-order valence-corrected chi connectivity index (χ3v) is 2.74. The van der Waals surface area contributed by atoms with Gasteiger partial charge in [0.05, 0.1) is 0 Å². The topological polar surface area (TPSA) is 55.1 Å². The first-order chi connectivity index (χ1) is 8.06. The van der Waals surface area contributed by atoms with Crippen LogP contribution in [0.5, 0.6) is 0 Å². The van der Waals surface area contributed by atoms with Crippen LogP contribution in [0.4, 0.5) is 5.69 Å². The van der Waals surface area contributed by atoms with Gasteiger partial charge >= 0.3 is 0 Å². The van der Waals surface area contributed by atoms with Crippen LogP contribution in [0.1, 0.15) is 38.3 Å². The first-order valence-electron chi connectivity index (χ1n) is 6.24. The molecule has 1 unspecified atom stereocenters. The van der Waals surface area contributed by atoms with E-state index in [2.05, 4.69) is 37.4 Å². The van der Waals surface area contributed by atoms with Crippen LogP contribution in [-0.2, 0) is 17.6 Å². The maximum absolute atomic E-state index is 11.7. The van der Waals surface area contributed by atoms with E-state index in [0.717, 1.165) is 18.5 Å². The summed E-state index contributed by atoms with van der Waals surface area (Å²) in [5, 5.41) is 2.95. The minimum absolute atomic E-state index is 0.